The third-order valence-electron chi connectivity index (χ3n) is 2.88. The van der Waals surface area contributed by atoms with Crippen LogP contribution in [-0.4, -0.2) is 48.1 Å². The van der Waals surface area contributed by atoms with Gasteiger partial charge < -0.3 is 23.1 Å². The van der Waals surface area contributed by atoms with E-state index in [1.807, 2.05) is 7.05 Å². The van der Waals surface area contributed by atoms with Crippen molar-refractivity contribution in [1.29, 1.82) is 0 Å². The molecule has 1 aliphatic rings. The van der Waals surface area contributed by atoms with E-state index in [1.54, 1.807) is 28.2 Å². The number of rotatable bonds is 3. The van der Waals surface area contributed by atoms with Gasteiger partial charge >= 0.3 is 26.2 Å². The number of hydrogen-bond donors (Lipinski definition) is 0. The minimum Gasteiger partial charge on any atom is -0.668 e. The van der Waals surface area contributed by atoms with Crippen molar-refractivity contribution in [2.45, 2.75) is 26.2 Å². The Morgan fingerprint density at radius 1 is 1.00 bits per heavy atom. The molecule has 0 aliphatic heterocycles. The van der Waals surface area contributed by atoms with E-state index in [2.05, 4.69) is 29.3 Å². The van der Waals surface area contributed by atoms with Gasteiger partial charge in [0.2, 0.25) is 0 Å². The molecule has 0 radical (unpaired) electrons. The topological polar surface area (TPSA) is 42.3 Å². The monoisotopic (exact) mass is 365 g/mol. The average molecular weight is 367 g/mol. The Labute approximate surface area is 143 Å². The molecule has 1 saturated carbocycles. The Morgan fingerprint density at radius 2 is 1.42 bits per heavy atom. The van der Waals surface area contributed by atoms with E-state index in [-0.39, 0.29) is 41.7 Å². The molecule has 0 N–H and O–H groups in total. The minimum atomic E-state index is 0. The molecule has 0 bridgehead atoms. The standard InChI is InChI=1S/C9H19NP.2C2H6N.CH3.Zr/c1-8-5-4-6-9(8)7-11(3)10-2;2*1-3-2;;/h8-9H,4-7H2,1-3H3;2*1-2H3;1H3;/q4*-1;+4/t8-,9?,11?;;;;/m0..../s1. The summed E-state index contributed by atoms with van der Waals surface area (Å²) >= 11 is 0. The van der Waals surface area contributed by atoms with Gasteiger partial charge in [-0.05, 0) is 24.4 Å². The summed E-state index contributed by atoms with van der Waals surface area (Å²) in [5.74, 6) is 1.97. The van der Waals surface area contributed by atoms with Crippen molar-refractivity contribution in [2.75, 3.05) is 48.1 Å². The molecule has 0 saturated heterocycles. The van der Waals surface area contributed by atoms with Gasteiger partial charge in [0.1, 0.15) is 0 Å². The Balaban J connectivity index is -0.000000122. The van der Waals surface area contributed by atoms with Gasteiger partial charge in [0, 0.05) is 0 Å². The van der Waals surface area contributed by atoms with E-state index in [0.29, 0.717) is 0 Å². The van der Waals surface area contributed by atoms with Crippen molar-refractivity contribution in [3.05, 3.63) is 23.1 Å². The molecule has 2 unspecified atom stereocenters. The summed E-state index contributed by atoms with van der Waals surface area (Å²) in [6.07, 6.45) is 5.76. The van der Waals surface area contributed by atoms with Crippen LogP contribution in [0, 0.1) is 19.3 Å². The van der Waals surface area contributed by atoms with Crippen LogP contribution in [0.3, 0.4) is 0 Å². The molecular formula is C14H34N3PZr. The Kier molecular flexibility index (Phi) is 32.1. The molecule has 1 rings (SSSR count). The molecule has 0 heterocycles. The first-order valence-corrected chi connectivity index (χ1v) is 8.26. The predicted molar refractivity (Wildman–Crippen MR) is 90.3 cm³/mol. The second-order valence-electron chi connectivity index (χ2n) is 4.60. The first-order valence-electron chi connectivity index (χ1n) is 6.33. The van der Waals surface area contributed by atoms with Crippen molar-refractivity contribution in [2.24, 2.45) is 11.8 Å². The fourth-order valence-corrected chi connectivity index (χ4v) is 3.30. The zero-order valence-electron chi connectivity index (χ0n) is 14.3. The molecule has 19 heavy (non-hydrogen) atoms. The summed E-state index contributed by atoms with van der Waals surface area (Å²) < 4.78 is 0. The fourth-order valence-electron chi connectivity index (χ4n) is 1.91. The largest absolute Gasteiger partial charge is 4.00 e. The Hall–Kier alpha value is 1.19. The SMILES string of the molecule is C[N-]C.C[N-]C.C[N-]P(C)CC1CCC[C@@H]1C.[CH3-].[Zr+4]. The normalized spacial score (nSPS) is 21.6. The molecule has 3 atom stereocenters. The minimum absolute atomic E-state index is 0. The first kappa shape index (κ1) is 28.4. The fraction of sp³-hybridized carbons (Fsp3) is 0.929. The van der Waals surface area contributed by atoms with Crippen molar-refractivity contribution >= 4 is 8.07 Å². The van der Waals surface area contributed by atoms with E-state index in [0.717, 1.165) is 11.8 Å². The van der Waals surface area contributed by atoms with E-state index in [4.69, 9.17) is 0 Å². The van der Waals surface area contributed by atoms with Gasteiger partial charge in [-0.2, -0.15) is 35.2 Å². The van der Waals surface area contributed by atoms with Gasteiger partial charge in [0.25, 0.3) is 0 Å². The van der Waals surface area contributed by atoms with Crippen LogP contribution < -0.4 is 0 Å². The molecule has 0 aromatic carbocycles. The third kappa shape index (κ3) is 19.2. The maximum absolute atomic E-state index is 4.35. The zero-order chi connectivity index (χ0) is 13.7. The molecule has 0 amide bonds. The van der Waals surface area contributed by atoms with Gasteiger partial charge in [-0.1, -0.05) is 26.4 Å². The number of nitrogens with zero attached hydrogens (tertiary/aromatic N) is 3. The van der Waals surface area contributed by atoms with E-state index < -0.39 is 0 Å². The van der Waals surface area contributed by atoms with Crippen LogP contribution in [0.25, 0.3) is 15.7 Å². The van der Waals surface area contributed by atoms with Crippen LogP contribution in [0.4, 0.5) is 0 Å². The van der Waals surface area contributed by atoms with E-state index in [1.165, 1.54) is 25.4 Å². The van der Waals surface area contributed by atoms with E-state index >= 15 is 0 Å². The predicted octanol–water partition coefficient (Wildman–Crippen LogP) is 5.14. The van der Waals surface area contributed by atoms with Gasteiger partial charge in [0.05, 0.1) is 0 Å². The summed E-state index contributed by atoms with van der Waals surface area (Å²) in [5.41, 5.74) is 0. The molecule has 1 aliphatic carbocycles. The van der Waals surface area contributed by atoms with Crippen LogP contribution >= 0.6 is 8.07 Å². The number of hydrogen-bond acceptors (Lipinski definition) is 0. The van der Waals surface area contributed by atoms with Crippen molar-refractivity contribution in [3.8, 4) is 0 Å². The van der Waals surface area contributed by atoms with Crippen molar-refractivity contribution < 1.29 is 26.2 Å². The van der Waals surface area contributed by atoms with Crippen LogP contribution in [0.1, 0.15) is 26.2 Å². The maximum Gasteiger partial charge on any atom is 4.00 e. The zero-order valence-corrected chi connectivity index (χ0v) is 17.6. The first-order chi connectivity index (χ1) is 8.06. The summed E-state index contributed by atoms with van der Waals surface area (Å²) in [6.45, 7) is 4.69. The van der Waals surface area contributed by atoms with Crippen LogP contribution in [0.2, 0.25) is 0 Å². The second-order valence-corrected chi connectivity index (χ2v) is 6.68. The van der Waals surface area contributed by atoms with Gasteiger partial charge in [-0.15, -0.1) is 0 Å². The summed E-state index contributed by atoms with van der Waals surface area (Å²) in [5, 5.41) is 11.4. The quantitative estimate of drug-likeness (QED) is 0.490. The Bertz CT molecular complexity index is 149. The van der Waals surface area contributed by atoms with Crippen LogP contribution in [0.15, 0.2) is 0 Å². The van der Waals surface area contributed by atoms with E-state index in [9.17, 15) is 0 Å². The molecule has 0 spiro atoms. The molecule has 114 valence electrons. The third-order valence-corrected chi connectivity index (χ3v) is 4.56. The van der Waals surface area contributed by atoms with Crippen LogP contribution in [0.5, 0.6) is 0 Å². The molecule has 5 heteroatoms. The van der Waals surface area contributed by atoms with Crippen molar-refractivity contribution in [1.82, 2.24) is 0 Å². The molecule has 0 aromatic heterocycles. The molecule has 3 nitrogen and oxygen atoms in total. The van der Waals surface area contributed by atoms with Gasteiger partial charge in [-0.25, -0.2) is 8.07 Å². The van der Waals surface area contributed by atoms with Crippen LogP contribution in [-0.2, 0) is 26.2 Å². The molecule has 0 aromatic rings. The second kappa shape index (κ2) is 21.5. The summed E-state index contributed by atoms with van der Waals surface area (Å²) in [6, 6.07) is 0. The summed E-state index contributed by atoms with van der Waals surface area (Å²) in [7, 11) is 8.97. The van der Waals surface area contributed by atoms with Crippen molar-refractivity contribution in [3.63, 3.8) is 0 Å². The summed E-state index contributed by atoms with van der Waals surface area (Å²) in [4.78, 5) is 0. The maximum atomic E-state index is 4.35. The smallest absolute Gasteiger partial charge is 0.668 e. The molecule has 1 fully saturated rings. The van der Waals surface area contributed by atoms with Gasteiger partial charge in [-0.3, -0.25) is 0 Å². The Morgan fingerprint density at radius 3 is 1.68 bits per heavy atom. The average Bonchev–Trinajstić information content (AvgIpc) is 2.66. The van der Waals surface area contributed by atoms with Gasteiger partial charge in [0.15, 0.2) is 0 Å². The molecular weight excluding hydrogens is 332 g/mol.